The van der Waals surface area contributed by atoms with Gasteiger partial charge in [-0.25, -0.2) is 0 Å². The van der Waals surface area contributed by atoms with Crippen LogP contribution in [-0.4, -0.2) is 29.2 Å². The van der Waals surface area contributed by atoms with Gasteiger partial charge in [0.15, 0.2) is 5.84 Å². The molecule has 100 valence electrons. The fraction of sp³-hybridized carbons (Fsp3) is 0.417. The summed E-state index contributed by atoms with van der Waals surface area (Å²) in [6, 6.07) is 5.20. The zero-order valence-corrected chi connectivity index (χ0v) is 11.8. The Morgan fingerprint density at radius 3 is 3.00 bits per heavy atom. The van der Waals surface area contributed by atoms with E-state index in [0.29, 0.717) is 22.9 Å². The van der Waals surface area contributed by atoms with Crippen LogP contribution in [-0.2, 0) is 0 Å². The van der Waals surface area contributed by atoms with Crippen LogP contribution < -0.4 is 10.5 Å². The molecule has 0 aliphatic carbocycles. The van der Waals surface area contributed by atoms with Crippen molar-refractivity contribution in [3.8, 4) is 5.75 Å². The summed E-state index contributed by atoms with van der Waals surface area (Å²) >= 11 is 7.88. The van der Waals surface area contributed by atoms with Crippen molar-refractivity contribution in [1.29, 1.82) is 0 Å². The van der Waals surface area contributed by atoms with E-state index >= 15 is 0 Å². The third kappa shape index (κ3) is 4.31. The Morgan fingerprint density at radius 1 is 1.56 bits per heavy atom. The van der Waals surface area contributed by atoms with Crippen molar-refractivity contribution >= 4 is 29.2 Å². The molecule has 0 saturated carbocycles. The summed E-state index contributed by atoms with van der Waals surface area (Å²) in [6.45, 7) is 2.71. The molecule has 0 fully saturated rings. The van der Waals surface area contributed by atoms with Crippen LogP contribution in [0, 0.1) is 0 Å². The standard InChI is InChI=1S/C12H17ClN2O2S/c1-2-18-8-4-7-17-10-6-3-5-9(13)11(10)12(14)15-16/h3,5-6,16H,2,4,7-8H2,1H3,(H2,14,15). The number of thioether (sulfide) groups is 1. The Kier molecular flexibility index (Phi) is 6.75. The molecule has 0 aromatic heterocycles. The van der Waals surface area contributed by atoms with Crippen LogP contribution in [0.5, 0.6) is 5.75 Å². The van der Waals surface area contributed by atoms with E-state index in [0.717, 1.165) is 17.9 Å². The third-order valence-corrected chi connectivity index (χ3v) is 3.53. The molecule has 0 aliphatic heterocycles. The second kappa shape index (κ2) is 8.11. The van der Waals surface area contributed by atoms with Gasteiger partial charge in [-0.1, -0.05) is 29.7 Å². The zero-order valence-electron chi connectivity index (χ0n) is 10.2. The van der Waals surface area contributed by atoms with Crippen LogP contribution in [0.25, 0.3) is 0 Å². The number of rotatable bonds is 7. The van der Waals surface area contributed by atoms with Crippen molar-refractivity contribution in [2.75, 3.05) is 18.1 Å². The van der Waals surface area contributed by atoms with Crippen LogP contribution in [0.3, 0.4) is 0 Å². The minimum absolute atomic E-state index is 0.0430. The molecule has 0 radical (unpaired) electrons. The van der Waals surface area contributed by atoms with Crippen LogP contribution in [0.15, 0.2) is 23.4 Å². The van der Waals surface area contributed by atoms with E-state index < -0.39 is 0 Å². The maximum Gasteiger partial charge on any atom is 0.175 e. The van der Waals surface area contributed by atoms with E-state index in [4.69, 9.17) is 27.3 Å². The highest BCUT2D eigenvalue weighted by Crippen LogP contribution is 2.26. The van der Waals surface area contributed by atoms with E-state index in [9.17, 15) is 0 Å². The van der Waals surface area contributed by atoms with Crippen molar-refractivity contribution in [2.24, 2.45) is 10.9 Å². The molecule has 0 heterocycles. The second-order valence-electron chi connectivity index (χ2n) is 3.50. The van der Waals surface area contributed by atoms with Gasteiger partial charge in [0.1, 0.15) is 5.75 Å². The first-order valence-electron chi connectivity index (χ1n) is 5.67. The van der Waals surface area contributed by atoms with E-state index in [-0.39, 0.29) is 5.84 Å². The quantitative estimate of drug-likeness (QED) is 0.266. The molecule has 1 aromatic carbocycles. The average Bonchev–Trinajstić information content (AvgIpc) is 2.38. The molecule has 0 atom stereocenters. The predicted molar refractivity (Wildman–Crippen MR) is 77.1 cm³/mol. The summed E-state index contributed by atoms with van der Waals surface area (Å²) in [6.07, 6.45) is 0.945. The Morgan fingerprint density at radius 2 is 2.33 bits per heavy atom. The molecule has 0 unspecified atom stereocenters. The number of oxime groups is 1. The topological polar surface area (TPSA) is 67.8 Å². The van der Waals surface area contributed by atoms with E-state index in [1.54, 1.807) is 18.2 Å². The molecule has 1 rings (SSSR count). The molecule has 0 aliphatic rings. The van der Waals surface area contributed by atoms with Gasteiger partial charge in [0.2, 0.25) is 0 Å². The smallest absolute Gasteiger partial charge is 0.175 e. The first-order valence-corrected chi connectivity index (χ1v) is 7.21. The Balaban J connectivity index is 2.67. The number of ether oxygens (including phenoxy) is 1. The summed E-state index contributed by atoms with van der Waals surface area (Å²) in [5, 5.41) is 12.1. The molecule has 6 heteroatoms. The summed E-state index contributed by atoms with van der Waals surface area (Å²) in [5.41, 5.74) is 6.01. The number of halogens is 1. The van der Waals surface area contributed by atoms with E-state index in [1.807, 2.05) is 11.8 Å². The fourth-order valence-electron chi connectivity index (χ4n) is 1.41. The van der Waals surface area contributed by atoms with Gasteiger partial charge in [0.25, 0.3) is 0 Å². The highest BCUT2D eigenvalue weighted by Gasteiger charge is 2.12. The van der Waals surface area contributed by atoms with Crippen LogP contribution in [0.1, 0.15) is 18.9 Å². The van der Waals surface area contributed by atoms with Gasteiger partial charge in [0.05, 0.1) is 17.2 Å². The molecule has 18 heavy (non-hydrogen) atoms. The largest absolute Gasteiger partial charge is 0.493 e. The fourth-order valence-corrected chi connectivity index (χ4v) is 2.28. The summed E-state index contributed by atoms with van der Waals surface area (Å²) in [4.78, 5) is 0. The highest BCUT2D eigenvalue weighted by atomic mass is 35.5. The van der Waals surface area contributed by atoms with E-state index in [2.05, 4.69) is 12.1 Å². The maximum atomic E-state index is 8.72. The lowest BCUT2D eigenvalue weighted by Gasteiger charge is -2.11. The number of nitrogens with two attached hydrogens (primary N) is 1. The SMILES string of the molecule is CCSCCCOc1cccc(Cl)c1/C(N)=N/O. The summed E-state index contributed by atoms with van der Waals surface area (Å²) in [7, 11) is 0. The molecule has 0 spiro atoms. The maximum absolute atomic E-state index is 8.72. The van der Waals surface area contributed by atoms with Crippen molar-refractivity contribution in [2.45, 2.75) is 13.3 Å². The van der Waals surface area contributed by atoms with Crippen LogP contribution in [0.2, 0.25) is 5.02 Å². The van der Waals surface area contributed by atoms with Gasteiger partial charge in [0, 0.05) is 0 Å². The predicted octanol–water partition coefficient (Wildman–Crippen LogP) is 2.96. The molecule has 3 N–H and O–H groups in total. The lowest BCUT2D eigenvalue weighted by Crippen LogP contribution is -2.16. The molecule has 0 bridgehead atoms. The Bertz CT molecular complexity index is 413. The second-order valence-corrected chi connectivity index (χ2v) is 5.30. The van der Waals surface area contributed by atoms with Gasteiger partial charge in [-0.05, 0) is 30.1 Å². The van der Waals surface area contributed by atoms with Crippen molar-refractivity contribution in [3.05, 3.63) is 28.8 Å². The Hall–Kier alpha value is -1.07. The summed E-state index contributed by atoms with van der Waals surface area (Å²) < 4.78 is 5.62. The number of amidine groups is 1. The molecule has 1 aromatic rings. The minimum atomic E-state index is -0.0430. The first kappa shape index (κ1) is 15.0. The zero-order chi connectivity index (χ0) is 13.4. The van der Waals surface area contributed by atoms with Gasteiger partial charge in [-0.15, -0.1) is 0 Å². The average molecular weight is 289 g/mol. The minimum Gasteiger partial charge on any atom is -0.493 e. The number of hydrogen-bond donors (Lipinski definition) is 2. The lowest BCUT2D eigenvalue weighted by atomic mass is 10.2. The van der Waals surface area contributed by atoms with Gasteiger partial charge in [-0.2, -0.15) is 11.8 Å². The lowest BCUT2D eigenvalue weighted by molar-refractivity contribution is 0.312. The first-order chi connectivity index (χ1) is 8.70. The Labute approximate surface area is 116 Å². The third-order valence-electron chi connectivity index (χ3n) is 2.23. The monoisotopic (exact) mass is 288 g/mol. The van der Waals surface area contributed by atoms with Gasteiger partial charge >= 0.3 is 0 Å². The molecular formula is C12H17ClN2O2S. The molecule has 0 amide bonds. The van der Waals surface area contributed by atoms with E-state index in [1.165, 1.54) is 0 Å². The normalized spacial score (nSPS) is 11.6. The van der Waals surface area contributed by atoms with Crippen LogP contribution >= 0.6 is 23.4 Å². The van der Waals surface area contributed by atoms with Crippen molar-refractivity contribution < 1.29 is 9.94 Å². The highest BCUT2D eigenvalue weighted by molar-refractivity contribution is 7.99. The molecule has 4 nitrogen and oxygen atoms in total. The van der Waals surface area contributed by atoms with Gasteiger partial charge in [-0.3, -0.25) is 0 Å². The summed E-state index contributed by atoms with van der Waals surface area (Å²) in [5.74, 6) is 2.65. The molecular weight excluding hydrogens is 272 g/mol. The number of nitrogens with zero attached hydrogens (tertiary/aromatic N) is 1. The van der Waals surface area contributed by atoms with Gasteiger partial charge < -0.3 is 15.7 Å². The van der Waals surface area contributed by atoms with Crippen LogP contribution in [0.4, 0.5) is 0 Å². The number of benzene rings is 1. The molecule has 0 saturated heterocycles. The van der Waals surface area contributed by atoms with Crippen molar-refractivity contribution in [3.63, 3.8) is 0 Å². The number of hydrogen-bond acceptors (Lipinski definition) is 4. The van der Waals surface area contributed by atoms with Crippen molar-refractivity contribution in [1.82, 2.24) is 0 Å².